The summed E-state index contributed by atoms with van der Waals surface area (Å²) in [4.78, 5) is 30.6. The van der Waals surface area contributed by atoms with Crippen LogP contribution in [0.15, 0.2) is 11.0 Å². The lowest BCUT2D eigenvalue weighted by atomic mass is 9.73. The summed E-state index contributed by atoms with van der Waals surface area (Å²) in [5, 5.41) is 24.6. The summed E-state index contributed by atoms with van der Waals surface area (Å²) in [7, 11) is 0. The van der Waals surface area contributed by atoms with Crippen LogP contribution >= 0.6 is 11.3 Å². The predicted molar refractivity (Wildman–Crippen MR) is 136 cm³/mol. The number of carbonyl (C=O) groups excluding carboxylic acids is 2. The second kappa shape index (κ2) is 10.8. The van der Waals surface area contributed by atoms with E-state index in [4.69, 9.17) is 9.47 Å². The molecule has 7 atom stereocenters. The molecule has 35 heavy (non-hydrogen) atoms. The van der Waals surface area contributed by atoms with Crippen LogP contribution in [0.3, 0.4) is 0 Å². The van der Waals surface area contributed by atoms with Gasteiger partial charge in [-0.05, 0) is 51.2 Å². The molecule has 7 nitrogen and oxygen atoms in total. The van der Waals surface area contributed by atoms with Gasteiger partial charge in [0.1, 0.15) is 11.9 Å². The molecule has 0 amide bonds. The molecule has 0 spiro atoms. The molecule has 0 aromatic carbocycles. The minimum absolute atomic E-state index is 0.0455. The summed E-state index contributed by atoms with van der Waals surface area (Å²) in [6.45, 7) is 12.8. The molecule has 196 valence electrons. The fourth-order valence-electron chi connectivity index (χ4n) is 5.07. The maximum atomic E-state index is 13.2. The molecule has 3 heterocycles. The molecular formula is C27H41NO6S. The Morgan fingerprint density at radius 1 is 1.23 bits per heavy atom. The Bertz CT molecular complexity index is 955. The number of cyclic esters (lactones) is 1. The number of aliphatic hydroxyl groups is 2. The van der Waals surface area contributed by atoms with Crippen molar-refractivity contribution in [2.75, 3.05) is 0 Å². The number of aromatic nitrogens is 1. The number of fused-ring (bicyclic) bond motifs is 1. The van der Waals surface area contributed by atoms with Crippen molar-refractivity contribution in [2.45, 2.75) is 111 Å². The van der Waals surface area contributed by atoms with E-state index in [1.165, 1.54) is 0 Å². The Kier molecular flexibility index (Phi) is 8.62. The zero-order chi connectivity index (χ0) is 26.1. The number of hydrogen-bond donors (Lipinski definition) is 2. The molecule has 2 saturated heterocycles. The first-order chi connectivity index (χ1) is 16.2. The summed E-state index contributed by atoms with van der Waals surface area (Å²) in [5.74, 6) is -1.55. The number of carbonyl (C=O) groups is 2. The van der Waals surface area contributed by atoms with E-state index in [0.717, 1.165) is 35.5 Å². The van der Waals surface area contributed by atoms with Gasteiger partial charge in [0.2, 0.25) is 0 Å². The number of epoxide rings is 1. The minimum Gasteiger partial charge on any atom is -0.458 e. The van der Waals surface area contributed by atoms with E-state index in [2.05, 4.69) is 11.9 Å². The van der Waals surface area contributed by atoms with Crippen LogP contribution in [0.2, 0.25) is 0 Å². The van der Waals surface area contributed by atoms with Crippen LogP contribution in [0.5, 0.6) is 0 Å². The van der Waals surface area contributed by atoms with E-state index in [1.807, 2.05) is 32.2 Å². The van der Waals surface area contributed by atoms with E-state index in [-0.39, 0.29) is 29.8 Å². The molecule has 3 rings (SSSR count). The van der Waals surface area contributed by atoms with Gasteiger partial charge in [0.25, 0.3) is 0 Å². The van der Waals surface area contributed by atoms with Crippen LogP contribution < -0.4 is 0 Å². The highest BCUT2D eigenvalue weighted by molar-refractivity contribution is 7.09. The van der Waals surface area contributed by atoms with Crippen molar-refractivity contribution in [3.05, 3.63) is 21.7 Å². The van der Waals surface area contributed by atoms with Crippen molar-refractivity contribution in [2.24, 2.45) is 17.3 Å². The zero-order valence-electron chi connectivity index (χ0n) is 22.0. The van der Waals surface area contributed by atoms with Gasteiger partial charge in [-0.15, -0.1) is 11.3 Å². The number of hydrogen-bond acceptors (Lipinski definition) is 8. The maximum absolute atomic E-state index is 13.2. The van der Waals surface area contributed by atoms with Crippen molar-refractivity contribution in [1.29, 1.82) is 0 Å². The van der Waals surface area contributed by atoms with Crippen LogP contribution in [0, 0.1) is 24.2 Å². The van der Waals surface area contributed by atoms with E-state index in [1.54, 1.807) is 32.1 Å². The molecule has 0 radical (unpaired) electrons. The van der Waals surface area contributed by atoms with Gasteiger partial charge in [0, 0.05) is 17.7 Å². The number of esters is 1. The molecule has 2 N–H and O–H groups in total. The van der Waals surface area contributed by atoms with Gasteiger partial charge < -0.3 is 19.7 Å². The van der Waals surface area contributed by atoms with Crippen molar-refractivity contribution in [3.8, 4) is 0 Å². The largest absolute Gasteiger partial charge is 0.458 e. The minimum atomic E-state index is -1.23. The van der Waals surface area contributed by atoms with Gasteiger partial charge >= 0.3 is 5.97 Å². The number of thiazole rings is 1. The fourth-order valence-corrected chi connectivity index (χ4v) is 5.64. The second-order valence-electron chi connectivity index (χ2n) is 11.3. The van der Waals surface area contributed by atoms with Crippen LogP contribution in [-0.4, -0.2) is 57.0 Å². The molecule has 2 aliphatic rings. The summed E-state index contributed by atoms with van der Waals surface area (Å²) in [6, 6.07) is 0. The Morgan fingerprint density at radius 2 is 1.91 bits per heavy atom. The molecule has 1 aromatic rings. The first kappa shape index (κ1) is 28.0. The van der Waals surface area contributed by atoms with Crippen LogP contribution in [0.1, 0.15) is 84.3 Å². The molecule has 2 fully saturated rings. The smallest absolute Gasteiger partial charge is 0.309 e. The monoisotopic (exact) mass is 507 g/mol. The normalized spacial score (nSPS) is 37.5. The van der Waals surface area contributed by atoms with Crippen molar-refractivity contribution in [3.63, 3.8) is 0 Å². The van der Waals surface area contributed by atoms with Crippen LogP contribution in [-0.2, 0) is 19.1 Å². The van der Waals surface area contributed by atoms with Crippen molar-refractivity contribution >= 4 is 29.2 Å². The molecule has 0 saturated carbocycles. The number of aryl methyl sites for hydroxylation is 1. The molecular weight excluding hydrogens is 466 g/mol. The topological polar surface area (TPSA) is 109 Å². The number of nitrogens with zero attached hydrogens (tertiary/aromatic N) is 1. The lowest BCUT2D eigenvalue weighted by Crippen LogP contribution is -2.45. The number of ether oxygens (including phenoxy) is 2. The first-order valence-electron chi connectivity index (χ1n) is 12.6. The summed E-state index contributed by atoms with van der Waals surface area (Å²) >= 11 is 1.56. The van der Waals surface area contributed by atoms with Gasteiger partial charge in [-0.1, -0.05) is 34.1 Å². The highest BCUT2D eigenvalue weighted by Gasteiger charge is 2.53. The Balaban J connectivity index is 1.85. The SMILES string of the molecule is C/C(=C\c1csc(C)n1)[C@@H]1CC2OC2(C)CCCC(C)[C@H](O)C(C)C(=O)C(C)(C)C(O)CC(=O)O1. The van der Waals surface area contributed by atoms with E-state index < -0.39 is 35.6 Å². The van der Waals surface area contributed by atoms with Gasteiger partial charge in [-0.2, -0.15) is 0 Å². The van der Waals surface area contributed by atoms with E-state index >= 15 is 0 Å². The third-order valence-electron chi connectivity index (χ3n) is 7.93. The average Bonchev–Trinajstić information content (AvgIpc) is 3.22. The lowest BCUT2D eigenvalue weighted by molar-refractivity contribution is -0.154. The van der Waals surface area contributed by atoms with Gasteiger partial charge in [-0.3, -0.25) is 9.59 Å². The van der Waals surface area contributed by atoms with Crippen molar-refractivity contribution in [1.82, 2.24) is 4.98 Å². The Morgan fingerprint density at radius 3 is 2.54 bits per heavy atom. The van der Waals surface area contributed by atoms with Crippen LogP contribution in [0.25, 0.3) is 6.08 Å². The lowest BCUT2D eigenvalue weighted by Gasteiger charge is -2.34. The maximum Gasteiger partial charge on any atom is 0.309 e. The third-order valence-corrected chi connectivity index (χ3v) is 8.72. The zero-order valence-corrected chi connectivity index (χ0v) is 22.9. The van der Waals surface area contributed by atoms with E-state index in [0.29, 0.717) is 6.42 Å². The molecule has 0 bridgehead atoms. The van der Waals surface area contributed by atoms with Crippen molar-refractivity contribution < 1.29 is 29.3 Å². The van der Waals surface area contributed by atoms with Gasteiger partial charge in [-0.25, -0.2) is 4.98 Å². The van der Waals surface area contributed by atoms with Crippen LogP contribution in [0.4, 0.5) is 0 Å². The van der Waals surface area contributed by atoms with E-state index in [9.17, 15) is 19.8 Å². The standard InChI is InChI=1S/C27H41NO6S/c1-15-9-8-10-27(7)22(34-27)12-20(16(2)11-19-14-35-18(4)28-19)33-23(30)13-21(29)26(5,6)25(32)17(3)24(15)31/h11,14-15,17,20-22,24,29,31H,8-10,12-13H2,1-7H3/b16-11+/t15?,17?,20-,21?,22?,24-,27?/m0/s1. The molecule has 2 aliphatic heterocycles. The first-order valence-corrected chi connectivity index (χ1v) is 13.5. The third kappa shape index (κ3) is 6.59. The van der Waals surface area contributed by atoms with Gasteiger partial charge in [0.15, 0.2) is 0 Å². The summed E-state index contributed by atoms with van der Waals surface area (Å²) < 4.78 is 11.9. The predicted octanol–water partition coefficient (Wildman–Crippen LogP) is 4.48. The second-order valence-corrected chi connectivity index (χ2v) is 12.3. The van der Waals surface area contributed by atoms with Gasteiger partial charge in [0.05, 0.1) is 46.5 Å². The number of rotatable bonds is 2. The molecule has 1 aromatic heterocycles. The Hall–Kier alpha value is -1.61. The average molecular weight is 508 g/mol. The molecule has 5 unspecified atom stereocenters. The summed E-state index contributed by atoms with van der Waals surface area (Å²) in [5.41, 5.74) is 0.179. The highest BCUT2D eigenvalue weighted by Crippen LogP contribution is 2.45. The Labute approximate surface area is 212 Å². The molecule has 8 heteroatoms. The highest BCUT2D eigenvalue weighted by atomic mass is 32.1. The number of aliphatic hydroxyl groups excluding tert-OH is 2. The molecule has 0 aliphatic carbocycles. The fraction of sp³-hybridized carbons (Fsp3) is 0.741. The quantitative estimate of drug-likeness (QED) is 0.449. The number of ketones is 1. The summed E-state index contributed by atoms with van der Waals surface area (Å²) in [6.07, 6.45) is 1.98. The number of Topliss-reactive ketones (excluding diaryl/α,β-unsaturated/α-hetero) is 1.